The highest BCUT2D eigenvalue weighted by molar-refractivity contribution is 5.67. The maximum Gasteiger partial charge on any atom is 0.304 e. The first-order valence-corrected chi connectivity index (χ1v) is 5.07. The van der Waals surface area contributed by atoms with E-state index in [4.69, 9.17) is 5.11 Å². The highest BCUT2D eigenvalue weighted by atomic mass is 16.4. The van der Waals surface area contributed by atoms with Crippen molar-refractivity contribution in [3.8, 4) is 0 Å². The van der Waals surface area contributed by atoms with Gasteiger partial charge in [-0.2, -0.15) is 0 Å². The molecule has 0 spiro atoms. The van der Waals surface area contributed by atoms with E-state index in [1.54, 1.807) is 13.8 Å². The first-order chi connectivity index (χ1) is 6.38. The van der Waals surface area contributed by atoms with Crippen LogP contribution in [0.25, 0.3) is 0 Å². The second-order valence-corrected chi connectivity index (χ2v) is 4.68. The molecule has 1 heterocycles. The zero-order chi connectivity index (χ0) is 10.8. The van der Waals surface area contributed by atoms with Gasteiger partial charge in [-0.3, -0.25) is 9.69 Å². The van der Waals surface area contributed by atoms with Crippen LogP contribution in [0.5, 0.6) is 0 Å². The Morgan fingerprint density at radius 1 is 1.57 bits per heavy atom. The Balaban J connectivity index is 2.47. The van der Waals surface area contributed by atoms with Crippen LogP contribution in [0.3, 0.4) is 0 Å². The topological polar surface area (TPSA) is 60.8 Å². The predicted octanol–water partition coefficient (Wildman–Crippen LogP) is 0.696. The summed E-state index contributed by atoms with van der Waals surface area (Å²) in [5, 5.41) is 18.3. The van der Waals surface area contributed by atoms with Crippen LogP contribution in [0.4, 0.5) is 0 Å². The predicted molar refractivity (Wildman–Crippen MR) is 53.1 cm³/mol. The van der Waals surface area contributed by atoms with Crippen LogP contribution in [-0.2, 0) is 4.79 Å². The number of aliphatic hydroxyl groups is 1. The molecule has 0 radical (unpaired) electrons. The lowest BCUT2D eigenvalue weighted by Gasteiger charge is -2.29. The molecule has 0 aromatic carbocycles. The normalized spacial score (nSPS) is 24.1. The lowest BCUT2D eigenvalue weighted by molar-refractivity contribution is -0.138. The van der Waals surface area contributed by atoms with E-state index in [1.165, 1.54) is 0 Å². The Kier molecular flexibility index (Phi) is 3.50. The van der Waals surface area contributed by atoms with E-state index in [0.29, 0.717) is 6.54 Å². The number of aliphatic carboxylic acids is 1. The summed E-state index contributed by atoms with van der Waals surface area (Å²) in [5.74, 6) is -0.752. The molecule has 4 heteroatoms. The Morgan fingerprint density at radius 3 is 2.71 bits per heavy atom. The second-order valence-electron chi connectivity index (χ2n) is 4.68. The molecule has 1 fully saturated rings. The minimum atomic E-state index is -0.752. The third-order valence-electron chi connectivity index (χ3n) is 2.50. The molecule has 82 valence electrons. The Morgan fingerprint density at radius 2 is 2.21 bits per heavy atom. The van der Waals surface area contributed by atoms with E-state index in [2.05, 4.69) is 4.90 Å². The van der Waals surface area contributed by atoms with Gasteiger partial charge in [-0.15, -0.1) is 0 Å². The van der Waals surface area contributed by atoms with Gasteiger partial charge in [0.2, 0.25) is 0 Å². The van der Waals surface area contributed by atoms with Crippen molar-refractivity contribution >= 4 is 5.97 Å². The first-order valence-electron chi connectivity index (χ1n) is 5.07. The van der Waals surface area contributed by atoms with Crippen molar-refractivity contribution in [2.45, 2.75) is 44.8 Å². The van der Waals surface area contributed by atoms with Gasteiger partial charge in [0.1, 0.15) is 0 Å². The number of carbonyl (C=O) groups is 1. The van der Waals surface area contributed by atoms with Crippen LogP contribution in [0.1, 0.15) is 33.1 Å². The van der Waals surface area contributed by atoms with Gasteiger partial charge in [-0.25, -0.2) is 0 Å². The van der Waals surface area contributed by atoms with Gasteiger partial charge in [0, 0.05) is 12.6 Å². The van der Waals surface area contributed by atoms with Crippen LogP contribution in [-0.4, -0.2) is 45.8 Å². The molecule has 0 saturated carbocycles. The maximum atomic E-state index is 10.6. The smallest absolute Gasteiger partial charge is 0.304 e. The number of carboxylic acids is 1. The molecular weight excluding hydrogens is 182 g/mol. The van der Waals surface area contributed by atoms with Crippen molar-refractivity contribution in [2.24, 2.45) is 0 Å². The summed E-state index contributed by atoms with van der Waals surface area (Å²) in [7, 11) is 0. The molecule has 0 aliphatic carbocycles. The third-order valence-corrected chi connectivity index (χ3v) is 2.50. The van der Waals surface area contributed by atoms with E-state index < -0.39 is 11.6 Å². The molecule has 4 nitrogen and oxygen atoms in total. The molecule has 0 aromatic heterocycles. The second kappa shape index (κ2) is 4.28. The van der Waals surface area contributed by atoms with Crippen LogP contribution >= 0.6 is 0 Å². The van der Waals surface area contributed by atoms with Crippen molar-refractivity contribution in [3.05, 3.63) is 0 Å². The summed E-state index contributed by atoms with van der Waals surface area (Å²) < 4.78 is 0. The number of nitrogens with zero attached hydrogens (tertiary/aromatic N) is 1. The summed E-state index contributed by atoms with van der Waals surface area (Å²) in [6.45, 7) is 4.97. The number of hydrogen-bond donors (Lipinski definition) is 2. The highest BCUT2D eigenvalue weighted by Gasteiger charge is 2.30. The van der Waals surface area contributed by atoms with E-state index >= 15 is 0 Å². The SMILES string of the molecule is CC(C)(O)CN1CCCC1CC(=O)O. The monoisotopic (exact) mass is 201 g/mol. The molecule has 1 aliphatic heterocycles. The highest BCUT2D eigenvalue weighted by Crippen LogP contribution is 2.22. The number of hydrogen-bond acceptors (Lipinski definition) is 3. The maximum absolute atomic E-state index is 10.6. The zero-order valence-electron chi connectivity index (χ0n) is 8.86. The lowest BCUT2D eigenvalue weighted by Crippen LogP contribution is -2.41. The molecule has 0 amide bonds. The number of β-amino-alcohol motifs (C(OH)–C–C–N with tert-alkyl or cyclic N) is 1. The summed E-state index contributed by atoms with van der Waals surface area (Å²) in [4.78, 5) is 12.7. The summed E-state index contributed by atoms with van der Waals surface area (Å²) in [5.41, 5.74) is -0.735. The Labute approximate surface area is 84.5 Å². The van der Waals surface area contributed by atoms with E-state index in [1.807, 2.05) is 0 Å². The van der Waals surface area contributed by atoms with Crippen LogP contribution in [0, 0.1) is 0 Å². The fraction of sp³-hybridized carbons (Fsp3) is 0.900. The average molecular weight is 201 g/mol. The van der Waals surface area contributed by atoms with Crippen molar-refractivity contribution in [2.75, 3.05) is 13.1 Å². The van der Waals surface area contributed by atoms with E-state index in [0.717, 1.165) is 19.4 Å². The summed E-state index contributed by atoms with van der Waals surface area (Å²) >= 11 is 0. The minimum Gasteiger partial charge on any atom is -0.481 e. The lowest BCUT2D eigenvalue weighted by atomic mass is 10.1. The molecule has 0 aromatic rings. The number of rotatable bonds is 4. The van der Waals surface area contributed by atoms with Crippen molar-refractivity contribution in [1.29, 1.82) is 0 Å². The summed E-state index contributed by atoms with van der Waals surface area (Å²) in [6.07, 6.45) is 2.16. The van der Waals surface area contributed by atoms with E-state index in [9.17, 15) is 9.90 Å². The fourth-order valence-electron chi connectivity index (χ4n) is 2.03. The van der Waals surface area contributed by atoms with Crippen molar-refractivity contribution < 1.29 is 15.0 Å². The zero-order valence-corrected chi connectivity index (χ0v) is 8.86. The van der Waals surface area contributed by atoms with Gasteiger partial charge in [0.05, 0.1) is 12.0 Å². The molecule has 1 atom stereocenters. The summed E-state index contributed by atoms with van der Waals surface area (Å²) in [6, 6.07) is 0.110. The Hall–Kier alpha value is -0.610. The van der Waals surface area contributed by atoms with Crippen LogP contribution < -0.4 is 0 Å². The molecule has 1 unspecified atom stereocenters. The van der Waals surface area contributed by atoms with Gasteiger partial charge >= 0.3 is 5.97 Å². The molecule has 1 aliphatic rings. The average Bonchev–Trinajstić information content (AvgIpc) is 2.32. The van der Waals surface area contributed by atoms with Gasteiger partial charge in [-0.1, -0.05) is 0 Å². The quantitative estimate of drug-likeness (QED) is 0.702. The van der Waals surface area contributed by atoms with Crippen LogP contribution in [0.2, 0.25) is 0 Å². The minimum absolute atomic E-state index is 0.110. The van der Waals surface area contributed by atoms with Crippen molar-refractivity contribution in [1.82, 2.24) is 4.90 Å². The standard InChI is InChI=1S/C10H19NO3/c1-10(2,14)7-11-5-3-4-8(11)6-9(12)13/h8,14H,3-7H2,1-2H3,(H,12,13). The molecule has 1 rings (SSSR count). The van der Waals surface area contributed by atoms with Gasteiger partial charge < -0.3 is 10.2 Å². The third kappa shape index (κ3) is 3.64. The van der Waals surface area contributed by atoms with Gasteiger partial charge in [0.25, 0.3) is 0 Å². The molecule has 1 saturated heterocycles. The molecule has 0 bridgehead atoms. The number of carboxylic acid groups (broad SMARTS) is 1. The number of likely N-dealkylation sites (tertiary alicyclic amines) is 1. The van der Waals surface area contributed by atoms with Crippen molar-refractivity contribution in [3.63, 3.8) is 0 Å². The molecule has 14 heavy (non-hydrogen) atoms. The van der Waals surface area contributed by atoms with Gasteiger partial charge in [-0.05, 0) is 33.2 Å². The Bertz CT molecular complexity index is 210. The van der Waals surface area contributed by atoms with Crippen LogP contribution in [0.15, 0.2) is 0 Å². The van der Waals surface area contributed by atoms with E-state index in [-0.39, 0.29) is 12.5 Å². The first kappa shape index (κ1) is 11.5. The fourth-order valence-corrected chi connectivity index (χ4v) is 2.03. The van der Waals surface area contributed by atoms with Gasteiger partial charge in [0.15, 0.2) is 0 Å². The molecule has 2 N–H and O–H groups in total. The largest absolute Gasteiger partial charge is 0.481 e. The molecular formula is C10H19NO3.